The Balaban J connectivity index is 1.57. The largest absolute Gasteiger partial charge is 0.493 e. The van der Waals surface area contributed by atoms with Crippen LogP contribution >= 0.6 is 0 Å². The highest BCUT2D eigenvalue weighted by Crippen LogP contribution is 2.36. The molecule has 7 heteroatoms. The summed E-state index contributed by atoms with van der Waals surface area (Å²) >= 11 is 0. The number of benzene rings is 3. The van der Waals surface area contributed by atoms with Gasteiger partial charge in [0.1, 0.15) is 5.82 Å². The predicted molar refractivity (Wildman–Crippen MR) is 128 cm³/mol. The molecule has 1 aliphatic rings. The lowest BCUT2D eigenvalue weighted by atomic mass is 10.1. The first-order chi connectivity index (χ1) is 16.1. The van der Waals surface area contributed by atoms with Crippen LogP contribution in [0.3, 0.4) is 0 Å². The van der Waals surface area contributed by atoms with Crippen LogP contribution < -0.4 is 20.1 Å². The zero-order chi connectivity index (χ0) is 22.8. The van der Waals surface area contributed by atoms with Crippen LogP contribution in [-0.2, 0) is 0 Å². The smallest absolute Gasteiger partial charge is 0.251 e. The van der Waals surface area contributed by atoms with Crippen molar-refractivity contribution in [3.8, 4) is 22.9 Å². The number of carbonyl (C=O) groups excluding carboxylic acids is 1. The van der Waals surface area contributed by atoms with E-state index < -0.39 is 0 Å². The fourth-order valence-corrected chi connectivity index (χ4v) is 3.61. The fraction of sp³-hybridized carbons (Fsp3) is 0.192. The summed E-state index contributed by atoms with van der Waals surface area (Å²) in [6, 6.07) is 21.2. The van der Waals surface area contributed by atoms with Crippen molar-refractivity contribution in [2.24, 2.45) is 0 Å². The molecule has 1 aromatic heterocycles. The summed E-state index contributed by atoms with van der Waals surface area (Å²) in [5.41, 5.74) is 3.06. The molecule has 5 rings (SSSR count). The molecule has 0 spiro atoms. The number of nitrogens with one attached hydrogen (secondary N) is 2. The number of ether oxygens (including phenoxy) is 2. The van der Waals surface area contributed by atoms with Gasteiger partial charge in [-0.3, -0.25) is 4.79 Å². The van der Waals surface area contributed by atoms with Crippen molar-refractivity contribution in [1.29, 1.82) is 0 Å². The number of anilines is 2. The third kappa shape index (κ3) is 4.43. The summed E-state index contributed by atoms with van der Waals surface area (Å²) in [7, 11) is 3.20. The van der Waals surface area contributed by atoms with Crippen molar-refractivity contribution in [3.63, 3.8) is 0 Å². The molecule has 166 valence electrons. The van der Waals surface area contributed by atoms with Crippen molar-refractivity contribution < 1.29 is 14.3 Å². The van der Waals surface area contributed by atoms with Gasteiger partial charge in [0.15, 0.2) is 17.3 Å². The minimum atomic E-state index is -0.0493. The third-order valence-electron chi connectivity index (χ3n) is 5.56. The van der Waals surface area contributed by atoms with Crippen molar-refractivity contribution in [3.05, 3.63) is 72.3 Å². The van der Waals surface area contributed by atoms with Crippen molar-refractivity contribution >= 4 is 28.3 Å². The molecule has 7 nitrogen and oxygen atoms in total. The standard InChI is InChI=1S/C26H24N4O3/c1-32-22-14-20-21(15-23(22)33-2)29-24(30-25(20)27-18-6-4-3-5-7-18)16-8-10-17(11-9-16)26(31)28-19-12-13-19/h3-11,14-15,19H,12-13H2,1-2H3,(H,28,31)(H,27,29,30). The average molecular weight is 441 g/mol. The summed E-state index contributed by atoms with van der Waals surface area (Å²) < 4.78 is 11.0. The van der Waals surface area contributed by atoms with Gasteiger partial charge in [-0.1, -0.05) is 30.3 Å². The van der Waals surface area contributed by atoms with Gasteiger partial charge in [0, 0.05) is 34.3 Å². The zero-order valence-electron chi connectivity index (χ0n) is 18.5. The summed E-state index contributed by atoms with van der Waals surface area (Å²) in [4.78, 5) is 21.9. The van der Waals surface area contributed by atoms with E-state index in [1.54, 1.807) is 26.4 Å². The highest BCUT2D eigenvalue weighted by Gasteiger charge is 2.23. The van der Waals surface area contributed by atoms with Crippen LogP contribution in [0.15, 0.2) is 66.7 Å². The maximum absolute atomic E-state index is 12.3. The summed E-state index contributed by atoms with van der Waals surface area (Å²) in [6.07, 6.45) is 2.11. The number of hydrogen-bond donors (Lipinski definition) is 2. The molecule has 4 aromatic rings. The number of nitrogens with zero attached hydrogens (tertiary/aromatic N) is 2. The first kappa shape index (κ1) is 20.8. The third-order valence-corrected chi connectivity index (χ3v) is 5.56. The molecule has 1 aliphatic carbocycles. The van der Waals surface area contributed by atoms with Gasteiger partial charge in [0.2, 0.25) is 0 Å². The highest BCUT2D eigenvalue weighted by molar-refractivity contribution is 5.96. The summed E-state index contributed by atoms with van der Waals surface area (Å²) in [5.74, 6) is 2.34. The lowest BCUT2D eigenvalue weighted by Crippen LogP contribution is -2.25. The van der Waals surface area contributed by atoms with Gasteiger partial charge in [0.05, 0.1) is 19.7 Å². The number of rotatable bonds is 7. The van der Waals surface area contributed by atoms with E-state index in [1.165, 1.54) is 0 Å². The summed E-state index contributed by atoms with van der Waals surface area (Å²) in [5, 5.41) is 7.21. The zero-order valence-corrected chi connectivity index (χ0v) is 18.5. The monoisotopic (exact) mass is 440 g/mol. The average Bonchev–Trinajstić information content (AvgIpc) is 3.67. The quantitative estimate of drug-likeness (QED) is 0.423. The number of methoxy groups -OCH3 is 2. The molecule has 1 fully saturated rings. The predicted octanol–water partition coefficient (Wildman–Crippen LogP) is 4.95. The van der Waals surface area contributed by atoms with E-state index in [2.05, 4.69) is 10.6 Å². The van der Waals surface area contributed by atoms with E-state index in [0.29, 0.717) is 40.3 Å². The van der Waals surface area contributed by atoms with E-state index in [9.17, 15) is 4.79 Å². The van der Waals surface area contributed by atoms with Gasteiger partial charge in [-0.2, -0.15) is 0 Å². The van der Waals surface area contributed by atoms with Crippen LogP contribution in [0.1, 0.15) is 23.2 Å². The Morgan fingerprint density at radius 1 is 0.909 bits per heavy atom. The molecule has 1 heterocycles. The first-order valence-corrected chi connectivity index (χ1v) is 10.8. The van der Waals surface area contributed by atoms with E-state index >= 15 is 0 Å². The molecule has 0 bridgehead atoms. The van der Waals surface area contributed by atoms with Crippen LogP contribution in [-0.4, -0.2) is 36.1 Å². The molecule has 0 saturated heterocycles. The van der Waals surface area contributed by atoms with Crippen LogP contribution in [0.5, 0.6) is 11.5 Å². The van der Waals surface area contributed by atoms with Gasteiger partial charge in [0.25, 0.3) is 5.91 Å². The number of hydrogen-bond acceptors (Lipinski definition) is 6. The minimum absolute atomic E-state index is 0.0493. The normalized spacial score (nSPS) is 12.9. The number of fused-ring (bicyclic) bond motifs is 1. The van der Waals surface area contributed by atoms with Gasteiger partial charge in [-0.25, -0.2) is 9.97 Å². The highest BCUT2D eigenvalue weighted by atomic mass is 16.5. The molecule has 1 amide bonds. The SMILES string of the molecule is COc1cc2nc(-c3ccc(C(=O)NC4CC4)cc3)nc(Nc3ccccc3)c2cc1OC. The van der Waals surface area contributed by atoms with Crippen LogP contribution in [0.2, 0.25) is 0 Å². The summed E-state index contributed by atoms with van der Waals surface area (Å²) in [6.45, 7) is 0. The van der Waals surface area contributed by atoms with Crippen molar-refractivity contribution in [2.75, 3.05) is 19.5 Å². The second-order valence-electron chi connectivity index (χ2n) is 7.94. The maximum atomic E-state index is 12.3. The molecular weight excluding hydrogens is 416 g/mol. The maximum Gasteiger partial charge on any atom is 0.251 e. The molecule has 0 unspecified atom stereocenters. The van der Waals surface area contributed by atoms with Gasteiger partial charge < -0.3 is 20.1 Å². The minimum Gasteiger partial charge on any atom is -0.493 e. The second-order valence-corrected chi connectivity index (χ2v) is 7.94. The molecular formula is C26H24N4O3. The van der Waals surface area contributed by atoms with Gasteiger partial charge >= 0.3 is 0 Å². The number of carbonyl (C=O) groups is 1. The molecule has 33 heavy (non-hydrogen) atoms. The number of para-hydroxylation sites is 1. The Bertz CT molecular complexity index is 1300. The molecule has 0 atom stereocenters. The fourth-order valence-electron chi connectivity index (χ4n) is 3.61. The second kappa shape index (κ2) is 8.78. The lowest BCUT2D eigenvalue weighted by molar-refractivity contribution is 0.0951. The lowest BCUT2D eigenvalue weighted by Gasteiger charge is -2.14. The van der Waals surface area contributed by atoms with E-state index in [0.717, 1.165) is 29.5 Å². The van der Waals surface area contributed by atoms with E-state index in [4.69, 9.17) is 19.4 Å². The molecule has 3 aromatic carbocycles. The van der Waals surface area contributed by atoms with E-state index in [-0.39, 0.29) is 5.91 Å². The topological polar surface area (TPSA) is 85.4 Å². The Labute approximate surface area is 191 Å². The Hall–Kier alpha value is -4.13. The van der Waals surface area contributed by atoms with Crippen LogP contribution in [0.25, 0.3) is 22.3 Å². The molecule has 0 radical (unpaired) electrons. The molecule has 2 N–H and O–H groups in total. The van der Waals surface area contributed by atoms with Gasteiger partial charge in [-0.15, -0.1) is 0 Å². The number of amides is 1. The van der Waals surface area contributed by atoms with Crippen LogP contribution in [0.4, 0.5) is 11.5 Å². The Morgan fingerprint density at radius 3 is 2.27 bits per heavy atom. The first-order valence-electron chi connectivity index (χ1n) is 10.8. The number of aromatic nitrogens is 2. The van der Waals surface area contributed by atoms with Crippen molar-refractivity contribution in [1.82, 2.24) is 15.3 Å². The van der Waals surface area contributed by atoms with E-state index in [1.807, 2.05) is 54.6 Å². The van der Waals surface area contributed by atoms with Gasteiger partial charge in [-0.05, 0) is 43.2 Å². The van der Waals surface area contributed by atoms with Crippen molar-refractivity contribution in [2.45, 2.75) is 18.9 Å². The molecule has 0 aliphatic heterocycles. The van der Waals surface area contributed by atoms with Crippen LogP contribution in [0, 0.1) is 0 Å². The Kier molecular flexibility index (Phi) is 5.52. The Morgan fingerprint density at radius 2 is 1.61 bits per heavy atom. The molecule has 1 saturated carbocycles.